The van der Waals surface area contributed by atoms with Gasteiger partial charge in [0.15, 0.2) is 0 Å². The smallest absolute Gasteiger partial charge is 0.412 e. The summed E-state index contributed by atoms with van der Waals surface area (Å²) in [5, 5.41) is 2.42. The van der Waals surface area contributed by atoms with Gasteiger partial charge in [0.05, 0.1) is 7.11 Å². The normalized spacial score (nSPS) is 12.3. The van der Waals surface area contributed by atoms with Crippen molar-refractivity contribution in [2.75, 3.05) is 7.11 Å². The van der Waals surface area contributed by atoms with Gasteiger partial charge in [0.2, 0.25) is 0 Å². The van der Waals surface area contributed by atoms with Crippen molar-refractivity contribution in [1.82, 2.24) is 5.32 Å². The van der Waals surface area contributed by atoms with Gasteiger partial charge in [-0.3, -0.25) is 5.32 Å². The van der Waals surface area contributed by atoms with Gasteiger partial charge in [0.1, 0.15) is 11.3 Å². The van der Waals surface area contributed by atoms with E-state index in [-0.39, 0.29) is 5.70 Å². The molecule has 0 rings (SSSR count). The van der Waals surface area contributed by atoms with E-state index in [1.165, 1.54) is 7.11 Å². The van der Waals surface area contributed by atoms with Gasteiger partial charge in [-0.05, 0) is 39.5 Å². The van der Waals surface area contributed by atoms with E-state index < -0.39 is 17.7 Å². The van der Waals surface area contributed by atoms with Crippen LogP contribution in [0.4, 0.5) is 4.79 Å². The van der Waals surface area contributed by atoms with E-state index in [0.29, 0.717) is 12.3 Å². The Balaban J connectivity index is 4.60. The zero-order chi connectivity index (χ0) is 15.1. The third-order valence-electron chi connectivity index (χ3n) is 2.13. The lowest BCUT2D eigenvalue weighted by Crippen LogP contribution is -2.34. The fraction of sp³-hybridized carbons (Fsp3) is 0.714. The van der Waals surface area contributed by atoms with Crippen molar-refractivity contribution in [1.29, 1.82) is 0 Å². The highest BCUT2D eigenvalue weighted by Crippen LogP contribution is 2.09. The highest BCUT2D eigenvalue weighted by Gasteiger charge is 2.19. The molecule has 0 atom stereocenters. The lowest BCUT2D eigenvalue weighted by molar-refractivity contribution is -0.136. The van der Waals surface area contributed by atoms with E-state index in [9.17, 15) is 9.59 Å². The summed E-state index contributed by atoms with van der Waals surface area (Å²) >= 11 is 0. The summed E-state index contributed by atoms with van der Waals surface area (Å²) in [5.74, 6) is -0.0497. The second-order valence-electron chi connectivity index (χ2n) is 5.71. The van der Waals surface area contributed by atoms with Crippen molar-refractivity contribution in [3.8, 4) is 0 Å². The minimum absolute atomic E-state index is 0.123. The number of nitrogens with one attached hydrogen (secondary N) is 1. The summed E-state index contributed by atoms with van der Waals surface area (Å²) in [6.45, 7) is 9.45. The van der Waals surface area contributed by atoms with Gasteiger partial charge in [-0.25, -0.2) is 9.59 Å². The number of hydrogen-bond acceptors (Lipinski definition) is 4. The second-order valence-corrected chi connectivity index (χ2v) is 5.71. The van der Waals surface area contributed by atoms with Crippen molar-refractivity contribution >= 4 is 12.1 Å². The number of esters is 1. The molecule has 0 saturated carbocycles. The highest BCUT2D eigenvalue weighted by molar-refractivity contribution is 5.92. The Labute approximate surface area is 115 Å². The minimum atomic E-state index is -0.659. The molecule has 1 N–H and O–H groups in total. The topological polar surface area (TPSA) is 64.6 Å². The van der Waals surface area contributed by atoms with Crippen molar-refractivity contribution in [3.63, 3.8) is 0 Å². The monoisotopic (exact) mass is 271 g/mol. The summed E-state index contributed by atoms with van der Waals surface area (Å²) < 4.78 is 9.72. The number of carbonyl (C=O) groups excluding carboxylic acids is 2. The molecular formula is C14H25NO4. The summed E-state index contributed by atoms with van der Waals surface area (Å²) in [4.78, 5) is 23.1. The number of hydrogen-bond donors (Lipinski definition) is 1. The first-order valence-electron chi connectivity index (χ1n) is 6.44. The fourth-order valence-corrected chi connectivity index (χ4v) is 1.27. The maximum atomic E-state index is 11.6. The Kier molecular flexibility index (Phi) is 7.19. The Bertz CT molecular complexity index is 340. The van der Waals surface area contributed by atoms with Gasteiger partial charge in [0, 0.05) is 0 Å². The van der Waals surface area contributed by atoms with E-state index >= 15 is 0 Å². The van der Waals surface area contributed by atoms with Gasteiger partial charge in [-0.2, -0.15) is 0 Å². The van der Waals surface area contributed by atoms with Crippen LogP contribution in [0.2, 0.25) is 0 Å². The van der Waals surface area contributed by atoms with Crippen LogP contribution in [-0.2, 0) is 14.3 Å². The third kappa shape index (κ3) is 9.11. The molecule has 5 nitrogen and oxygen atoms in total. The quantitative estimate of drug-likeness (QED) is 0.616. The molecule has 110 valence electrons. The van der Waals surface area contributed by atoms with Crippen molar-refractivity contribution in [2.45, 2.75) is 53.1 Å². The first-order chi connectivity index (χ1) is 8.65. The predicted molar refractivity (Wildman–Crippen MR) is 73.5 cm³/mol. The Hall–Kier alpha value is -1.52. The number of methoxy groups -OCH3 is 1. The summed E-state index contributed by atoms with van der Waals surface area (Å²) in [6.07, 6.45) is 2.62. The van der Waals surface area contributed by atoms with Gasteiger partial charge in [-0.15, -0.1) is 0 Å². The van der Waals surface area contributed by atoms with Gasteiger partial charge >= 0.3 is 12.1 Å². The predicted octanol–water partition coefficient (Wildman–Crippen LogP) is 3.00. The van der Waals surface area contributed by atoms with Crippen LogP contribution < -0.4 is 5.32 Å². The van der Waals surface area contributed by atoms with Crippen LogP contribution in [0.15, 0.2) is 11.8 Å². The molecule has 0 aromatic carbocycles. The largest absolute Gasteiger partial charge is 0.464 e. The summed E-state index contributed by atoms with van der Waals surface area (Å²) in [6, 6.07) is 0. The molecule has 0 unspecified atom stereocenters. The fourth-order valence-electron chi connectivity index (χ4n) is 1.27. The molecule has 0 fully saturated rings. The van der Waals surface area contributed by atoms with Gasteiger partial charge in [-0.1, -0.05) is 19.9 Å². The maximum Gasteiger partial charge on any atom is 0.412 e. The molecule has 0 bridgehead atoms. The van der Waals surface area contributed by atoms with Gasteiger partial charge in [0.25, 0.3) is 0 Å². The first-order valence-corrected chi connectivity index (χ1v) is 6.44. The molecule has 1 amide bonds. The van der Waals surface area contributed by atoms with Crippen LogP contribution in [0.25, 0.3) is 0 Å². The molecule has 0 saturated heterocycles. The molecule has 0 heterocycles. The molecule has 19 heavy (non-hydrogen) atoms. The minimum Gasteiger partial charge on any atom is -0.464 e. The third-order valence-corrected chi connectivity index (χ3v) is 2.13. The Morgan fingerprint density at radius 2 is 1.84 bits per heavy atom. The van der Waals surface area contributed by atoms with Crippen molar-refractivity contribution in [3.05, 3.63) is 11.8 Å². The molecular weight excluding hydrogens is 246 g/mol. The number of allylic oxidation sites excluding steroid dienone is 1. The van der Waals surface area contributed by atoms with Crippen molar-refractivity contribution in [2.24, 2.45) is 5.92 Å². The van der Waals surface area contributed by atoms with E-state index in [4.69, 9.17) is 4.74 Å². The molecule has 0 spiro atoms. The van der Waals surface area contributed by atoms with E-state index in [2.05, 4.69) is 23.9 Å². The van der Waals surface area contributed by atoms with Gasteiger partial charge < -0.3 is 9.47 Å². The average molecular weight is 271 g/mol. The maximum absolute atomic E-state index is 11.6. The standard InChI is InChI=1S/C14H25NO4/c1-10(2)8-7-9-11(12(16)18-6)15-13(17)19-14(3,4)5/h9-10H,7-8H2,1-6H3,(H,15,17)/b11-9+. The lowest BCUT2D eigenvalue weighted by Gasteiger charge is -2.20. The van der Waals surface area contributed by atoms with Crippen LogP contribution in [0.5, 0.6) is 0 Å². The first kappa shape index (κ1) is 17.5. The van der Waals surface area contributed by atoms with Crippen molar-refractivity contribution < 1.29 is 19.1 Å². The van der Waals surface area contributed by atoms with Crippen LogP contribution in [0.1, 0.15) is 47.5 Å². The van der Waals surface area contributed by atoms with E-state index in [0.717, 1.165) is 6.42 Å². The molecule has 0 aromatic rings. The summed E-state index contributed by atoms with van der Waals surface area (Å²) in [5.41, 5.74) is -0.485. The molecule has 0 aliphatic carbocycles. The van der Waals surface area contributed by atoms with Crippen LogP contribution in [0.3, 0.4) is 0 Å². The van der Waals surface area contributed by atoms with Crippen LogP contribution >= 0.6 is 0 Å². The Morgan fingerprint density at radius 3 is 2.26 bits per heavy atom. The summed E-state index contributed by atoms with van der Waals surface area (Å²) in [7, 11) is 1.27. The zero-order valence-electron chi connectivity index (χ0n) is 12.7. The highest BCUT2D eigenvalue weighted by atomic mass is 16.6. The van der Waals surface area contributed by atoms with E-state index in [1.807, 2.05) is 0 Å². The number of carbonyl (C=O) groups is 2. The number of rotatable bonds is 5. The molecule has 0 aromatic heterocycles. The molecule has 0 radical (unpaired) electrons. The zero-order valence-corrected chi connectivity index (χ0v) is 12.7. The molecule has 0 aliphatic heterocycles. The SMILES string of the molecule is COC(=O)/C(=C\CCC(C)C)NC(=O)OC(C)(C)C. The van der Waals surface area contributed by atoms with Crippen LogP contribution in [-0.4, -0.2) is 24.8 Å². The van der Waals surface area contributed by atoms with E-state index in [1.54, 1.807) is 26.8 Å². The molecule has 0 aliphatic rings. The average Bonchev–Trinajstić information content (AvgIpc) is 2.23. The molecule has 5 heteroatoms. The van der Waals surface area contributed by atoms with Crippen LogP contribution in [0, 0.1) is 5.92 Å². The lowest BCUT2D eigenvalue weighted by atomic mass is 10.1. The number of ether oxygens (including phenoxy) is 2. The second kappa shape index (κ2) is 7.81. The number of alkyl carbamates (subject to hydrolysis) is 1. The number of amides is 1. The Morgan fingerprint density at radius 1 is 1.26 bits per heavy atom.